The zero-order valence-corrected chi connectivity index (χ0v) is 19.1. The molecule has 2 rings (SSSR count). The lowest BCUT2D eigenvalue weighted by atomic mass is 10.1. The third-order valence-electron chi connectivity index (χ3n) is 3.86. The molecule has 0 bridgehead atoms. The van der Waals surface area contributed by atoms with Gasteiger partial charge in [-0.2, -0.15) is 13.2 Å². The van der Waals surface area contributed by atoms with Crippen LogP contribution in [0.1, 0.15) is 16.7 Å². The fourth-order valence-corrected chi connectivity index (χ4v) is 2.53. The first-order valence-corrected chi connectivity index (χ1v) is 9.25. The summed E-state index contributed by atoms with van der Waals surface area (Å²) < 4.78 is 46.8. The SMILES string of the molecule is CN=C(NCCOCc1ccccc1)NCc1cccc(COCC(F)(F)F)c1.I. The quantitative estimate of drug-likeness (QED) is 0.206. The van der Waals surface area contributed by atoms with Crippen LogP contribution >= 0.6 is 24.0 Å². The average Bonchev–Trinajstić information content (AvgIpc) is 2.70. The zero-order chi connectivity index (χ0) is 21.0. The first kappa shape index (κ1) is 26.2. The van der Waals surface area contributed by atoms with E-state index < -0.39 is 12.8 Å². The lowest BCUT2D eigenvalue weighted by Gasteiger charge is -2.13. The second kappa shape index (κ2) is 14.2. The van der Waals surface area contributed by atoms with Gasteiger partial charge in [0.15, 0.2) is 5.96 Å². The minimum atomic E-state index is -4.32. The molecule has 9 heteroatoms. The van der Waals surface area contributed by atoms with Crippen LogP contribution < -0.4 is 10.6 Å². The summed E-state index contributed by atoms with van der Waals surface area (Å²) >= 11 is 0. The predicted molar refractivity (Wildman–Crippen MR) is 122 cm³/mol. The van der Waals surface area contributed by atoms with Crippen LogP contribution in [-0.2, 0) is 29.2 Å². The van der Waals surface area contributed by atoms with E-state index in [2.05, 4.69) is 15.6 Å². The largest absolute Gasteiger partial charge is 0.411 e. The Balaban J connectivity index is 0.00000450. The van der Waals surface area contributed by atoms with Crippen molar-refractivity contribution in [3.63, 3.8) is 0 Å². The summed E-state index contributed by atoms with van der Waals surface area (Å²) in [6.07, 6.45) is -4.32. The van der Waals surface area contributed by atoms with Crippen LogP contribution in [0.5, 0.6) is 0 Å². The van der Waals surface area contributed by atoms with Crippen LogP contribution in [0.25, 0.3) is 0 Å². The molecule has 0 saturated carbocycles. The van der Waals surface area contributed by atoms with Gasteiger partial charge in [-0.1, -0.05) is 54.6 Å². The van der Waals surface area contributed by atoms with E-state index in [-0.39, 0.29) is 30.6 Å². The van der Waals surface area contributed by atoms with Crippen LogP contribution in [0, 0.1) is 0 Å². The molecule has 0 fully saturated rings. The van der Waals surface area contributed by atoms with Gasteiger partial charge in [-0.05, 0) is 16.7 Å². The minimum Gasteiger partial charge on any atom is -0.375 e. The number of ether oxygens (including phenoxy) is 2. The standard InChI is InChI=1S/C21H26F3N3O2.HI/c1-25-20(26-10-11-28-14-17-6-3-2-4-7-17)27-13-18-8-5-9-19(12-18)15-29-16-21(22,23)24;/h2-9,12H,10-11,13-16H2,1H3,(H2,25,26,27);1H. The first-order valence-electron chi connectivity index (χ1n) is 9.25. The van der Waals surface area contributed by atoms with E-state index in [0.717, 1.165) is 11.1 Å². The molecule has 0 spiro atoms. The number of hydrogen-bond acceptors (Lipinski definition) is 3. The Morgan fingerprint density at radius 1 is 0.900 bits per heavy atom. The van der Waals surface area contributed by atoms with Crippen molar-refractivity contribution >= 4 is 29.9 Å². The number of benzene rings is 2. The molecule has 0 aromatic heterocycles. The molecule has 0 aliphatic rings. The van der Waals surface area contributed by atoms with Gasteiger partial charge in [0.05, 0.1) is 19.8 Å². The number of nitrogens with one attached hydrogen (secondary N) is 2. The molecular formula is C21H27F3IN3O2. The van der Waals surface area contributed by atoms with Crippen molar-refractivity contribution in [1.29, 1.82) is 0 Å². The lowest BCUT2D eigenvalue weighted by molar-refractivity contribution is -0.176. The van der Waals surface area contributed by atoms with E-state index in [0.29, 0.717) is 37.8 Å². The molecule has 166 valence electrons. The van der Waals surface area contributed by atoms with Crippen LogP contribution in [0.4, 0.5) is 13.2 Å². The predicted octanol–water partition coefficient (Wildman–Crippen LogP) is 4.27. The smallest absolute Gasteiger partial charge is 0.375 e. The topological polar surface area (TPSA) is 54.9 Å². The summed E-state index contributed by atoms with van der Waals surface area (Å²) in [6, 6.07) is 17.1. The molecule has 0 heterocycles. The fourth-order valence-electron chi connectivity index (χ4n) is 2.53. The van der Waals surface area contributed by atoms with E-state index in [1.807, 2.05) is 36.4 Å². The molecule has 5 nitrogen and oxygen atoms in total. The molecule has 0 radical (unpaired) electrons. The summed E-state index contributed by atoms with van der Waals surface area (Å²) in [5.74, 6) is 0.618. The number of hydrogen-bond donors (Lipinski definition) is 2. The van der Waals surface area contributed by atoms with Crippen molar-refractivity contribution in [3.05, 3.63) is 71.3 Å². The van der Waals surface area contributed by atoms with Gasteiger partial charge in [0, 0.05) is 20.1 Å². The average molecular weight is 537 g/mol. The maximum absolute atomic E-state index is 12.2. The summed E-state index contributed by atoms with van der Waals surface area (Å²) in [7, 11) is 1.67. The molecule has 0 aliphatic carbocycles. The third-order valence-corrected chi connectivity index (χ3v) is 3.86. The summed E-state index contributed by atoms with van der Waals surface area (Å²) in [5, 5.41) is 6.32. The second-order valence-corrected chi connectivity index (χ2v) is 6.32. The number of aliphatic imine (C=N–C) groups is 1. The summed E-state index contributed by atoms with van der Waals surface area (Å²) in [6.45, 7) is 0.826. The van der Waals surface area contributed by atoms with E-state index in [1.54, 1.807) is 25.2 Å². The Hall–Kier alpha value is -1.85. The molecular weight excluding hydrogens is 510 g/mol. The number of rotatable bonds is 10. The number of halogens is 4. The molecule has 0 unspecified atom stereocenters. The molecule has 2 N–H and O–H groups in total. The van der Waals surface area contributed by atoms with Gasteiger partial charge in [-0.25, -0.2) is 0 Å². The van der Waals surface area contributed by atoms with Gasteiger partial charge >= 0.3 is 6.18 Å². The van der Waals surface area contributed by atoms with Crippen molar-refractivity contribution in [1.82, 2.24) is 10.6 Å². The van der Waals surface area contributed by atoms with Crippen molar-refractivity contribution < 1.29 is 22.6 Å². The summed E-state index contributed by atoms with van der Waals surface area (Å²) in [5.41, 5.74) is 2.72. The monoisotopic (exact) mass is 537 g/mol. The second-order valence-electron chi connectivity index (χ2n) is 6.32. The highest BCUT2D eigenvalue weighted by atomic mass is 127. The Labute approximate surface area is 192 Å². The highest BCUT2D eigenvalue weighted by Gasteiger charge is 2.27. The Kier molecular flexibility index (Phi) is 12.4. The maximum Gasteiger partial charge on any atom is 0.411 e. The molecule has 2 aromatic carbocycles. The first-order chi connectivity index (χ1) is 14.0. The number of alkyl halides is 3. The van der Waals surface area contributed by atoms with E-state index >= 15 is 0 Å². The van der Waals surface area contributed by atoms with Crippen LogP contribution in [-0.4, -0.2) is 38.9 Å². The summed E-state index contributed by atoms with van der Waals surface area (Å²) in [4.78, 5) is 4.15. The third kappa shape index (κ3) is 11.4. The van der Waals surface area contributed by atoms with E-state index in [1.165, 1.54) is 0 Å². The van der Waals surface area contributed by atoms with Gasteiger partial charge in [-0.3, -0.25) is 4.99 Å². The van der Waals surface area contributed by atoms with Gasteiger partial charge in [0.25, 0.3) is 0 Å². The van der Waals surface area contributed by atoms with Crippen molar-refractivity contribution in [2.75, 3.05) is 26.8 Å². The maximum atomic E-state index is 12.2. The minimum absolute atomic E-state index is 0. The molecule has 0 atom stereocenters. The normalized spacial score (nSPS) is 11.7. The molecule has 30 heavy (non-hydrogen) atoms. The van der Waals surface area contributed by atoms with Crippen molar-refractivity contribution in [2.24, 2.45) is 4.99 Å². The van der Waals surface area contributed by atoms with Gasteiger partial charge in [0.1, 0.15) is 6.61 Å². The fraction of sp³-hybridized carbons (Fsp3) is 0.381. The van der Waals surface area contributed by atoms with E-state index in [4.69, 9.17) is 9.47 Å². The molecule has 0 amide bonds. The molecule has 2 aromatic rings. The zero-order valence-electron chi connectivity index (χ0n) is 16.7. The van der Waals surface area contributed by atoms with E-state index in [9.17, 15) is 13.2 Å². The van der Waals surface area contributed by atoms with Crippen LogP contribution in [0.15, 0.2) is 59.6 Å². The van der Waals surface area contributed by atoms with Crippen LogP contribution in [0.2, 0.25) is 0 Å². The van der Waals surface area contributed by atoms with Gasteiger partial charge in [-0.15, -0.1) is 24.0 Å². The highest BCUT2D eigenvalue weighted by Crippen LogP contribution is 2.16. The molecule has 0 aliphatic heterocycles. The Morgan fingerprint density at radius 2 is 1.57 bits per heavy atom. The Bertz CT molecular complexity index is 759. The van der Waals surface area contributed by atoms with Crippen molar-refractivity contribution in [2.45, 2.75) is 25.9 Å². The molecule has 0 saturated heterocycles. The van der Waals surface area contributed by atoms with Crippen molar-refractivity contribution in [3.8, 4) is 0 Å². The highest BCUT2D eigenvalue weighted by molar-refractivity contribution is 14.0. The van der Waals surface area contributed by atoms with Gasteiger partial charge < -0.3 is 20.1 Å². The van der Waals surface area contributed by atoms with Gasteiger partial charge in [0.2, 0.25) is 0 Å². The number of nitrogens with zero attached hydrogens (tertiary/aromatic N) is 1. The van der Waals surface area contributed by atoms with Crippen LogP contribution in [0.3, 0.4) is 0 Å². The Morgan fingerprint density at radius 3 is 2.27 bits per heavy atom. The lowest BCUT2D eigenvalue weighted by Crippen LogP contribution is -2.38. The number of guanidine groups is 1.